The van der Waals surface area contributed by atoms with E-state index in [1.165, 1.54) is 6.07 Å². The van der Waals surface area contributed by atoms with Crippen molar-refractivity contribution < 1.29 is 8.42 Å². The molecule has 1 aromatic rings. The summed E-state index contributed by atoms with van der Waals surface area (Å²) in [5, 5.41) is 0.213. The van der Waals surface area contributed by atoms with Crippen molar-refractivity contribution in [2.24, 2.45) is 0 Å². The smallest absolute Gasteiger partial charge is 0.208 e. The third-order valence-corrected chi connectivity index (χ3v) is 4.72. The summed E-state index contributed by atoms with van der Waals surface area (Å²) in [7, 11) is -3.52. The van der Waals surface area contributed by atoms with Crippen LogP contribution in [0.4, 0.5) is 0 Å². The maximum absolute atomic E-state index is 11.9. The SMILES string of the molecule is CC[C@@H](C)NS(=O)(=O)c1ccc(Br)cc1Cl. The van der Waals surface area contributed by atoms with E-state index in [9.17, 15) is 8.42 Å². The van der Waals surface area contributed by atoms with E-state index < -0.39 is 10.0 Å². The molecule has 0 unspecified atom stereocenters. The first-order chi connectivity index (χ1) is 7.36. The summed E-state index contributed by atoms with van der Waals surface area (Å²) in [6, 6.07) is 4.59. The van der Waals surface area contributed by atoms with Gasteiger partial charge >= 0.3 is 0 Å². The predicted octanol–water partition coefficient (Wildman–Crippen LogP) is 3.18. The van der Waals surface area contributed by atoms with Crippen molar-refractivity contribution in [3.8, 4) is 0 Å². The van der Waals surface area contributed by atoms with Gasteiger partial charge in [-0.25, -0.2) is 13.1 Å². The molecule has 1 rings (SSSR count). The average Bonchev–Trinajstić information content (AvgIpc) is 2.16. The summed E-state index contributed by atoms with van der Waals surface area (Å²) >= 11 is 9.12. The third kappa shape index (κ3) is 3.45. The second kappa shape index (κ2) is 5.49. The molecular formula is C10H13BrClNO2S. The Labute approximate surface area is 109 Å². The van der Waals surface area contributed by atoms with Gasteiger partial charge in [0.1, 0.15) is 4.90 Å². The monoisotopic (exact) mass is 325 g/mol. The number of nitrogens with one attached hydrogen (secondary N) is 1. The normalized spacial score (nSPS) is 13.8. The average molecular weight is 327 g/mol. The molecule has 1 aromatic carbocycles. The van der Waals surface area contributed by atoms with Gasteiger partial charge in [0.05, 0.1) is 5.02 Å². The molecule has 0 radical (unpaired) electrons. The zero-order valence-corrected chi connectivity index (χ0v) is 12.2. The van der Waals surface area contributed by atoms with Crippen LogP contribution in [0.2, 0.25) is 5.02 Å². The minimum atomic E-state index is -3.52. The first-order valence-corrected chi connectivity index (χ1v) is 7.49. The molecule has 0 saturated heterocycles. The number of hydrogen-bond acceptors (Lipinski definition) is 2. The number of sulfonamides is 1. The molecule has 0 aliphatic carbocycles. The highest BCUT2D eigenvalue weighted by Crippen LogP contribution is 2.25. The lowest BCUT2D eigenvalue weighted by atomic mass is 10.3. The molecule has 0 spiro atoms. The van der Waals surface area contributed by atoms with Crippen LogP contribution in [-0.2, 0) is 10.0 Å². The summed E-state index contributed by atoms with van der Waals surface area (Å²) in [4.78, 5) is 0.109. The first kappa shape index (κ1) is 14.0. The van der Waals surface area contributed by atoms with Gasteiger partial charge in [-0.1, -0.05) is 34.5 Å². The van der Waals surface area contributed by atoms with Crippen LogP contribution in [0.3, 0.4) is 0 Å². The van der Waals surface area contributed by atoms with Crippen molar-refractivity contribution in [1.82, 2.24) is 4.72 Å². The fourth-order valence-electron chi connectivity index (χ4n) is 1.10. The van der Waals surface area contributed by atoms with Crippen LogP contribution < -0.4 is 4.72 Å². The van der Waals surface area contributed by atoms with Crippen LogP contribution in [-0.4, -0.2) is 14.5 Å². The molecule has 0 aliphatic rings. The highest BCUT2D eigenvalue weighted by molar-refractivity contribution is 9.10. The molecule has 90 valence electrons. The van der Waals surface area contributed by atoms with E-state index in [1.807, 2.05) is 13.8 Å². The van der Waals surface area contributed by atoms with Crippen LogP contribution in [0, 0.1) is 0 Å². The maximum atomic E-state index is 11.9. The van der Waals surface area contributed by atoms with E-state index in [1.54, 1.807) is 12.1 Å². The summed E-state index contributed by atoms with van der Waals surface area (Å²) in [5.41, 5.74) is 0. The fraction of sp³-hybridized carbons (Fsp3) is 0.400. The molecule has 16 heavy (non-hydrogen) atoms. The molecule has 0 amide bonds. The summed E-state index contributed by atoms with van der Waals surface area (Å²) < 4.78 is 27.2. The topological polar surface area (TPSA) is 46.2 Å². The third-order valence-electron chi connectivity index (χ3n) is 2.15. The van der Waals surface area contributed by atoms with E-state index in [-0.39, 0.29) is 16.0 Å². The Bertz CT molecular complexity index is 476. The van der Waals surface area contributed by atoms with Gasteiger partial charge < -0.3 is 0 Å². The summed E-state index contributed by atoms with van der Waals surface area (Å²) in [5.74, 6) is 0. The van der Waals surface area contributed by atoms with E-state index in [2.05, 4.69) is 20.7 Å². The van der Waals surface area contributed by atoms with Gasteiger partial charge in [-0.2, -0.15) is 0 Å². The number of rotatable bonds is 4. The Kier molecular flexibility index (Phi) is 4.79. The van der Waals surface area contributed by atoms with Crippen LogP contribution in [0.25, 0.3) is 0 Å². The van der Waals surface area contributed by atoms with Crippen LogP contribution in [0.5, 0.6) is 0 Å². The first-order valence-electron chi connectivity index (χ1n) is 4.84. The molecule has 0 fully saturated rings. The lowest BCUT2D eigenvalue weighted by Crippen LogP contribution is -2.32. The van der Waals surface area contributed by atoms with Crippen molar-refractivity contribution in [1.29, 1.82) is 0 Å². The van der Waals surface area contributed by atoms with Gasteiger partial charge in [0.15, 0.2) is 0 Å². The molecule has 0 heterocycles. The van der Waals surface area contributed by atoms with Crippen molar-refractivity contribution in [3.05, 3.63) is 27.7 Å². The highest BCUT2D eigenvalue weighted by Gasteiger charge is 2.19. The predicted molar refractivity (Wildman–Crippen MR) is 69.2 cm³/mol. The zero-order valence-electron chi connectivity index (χ0n) is 9.00. The van der Waals surface area contributed by atoms with Gasteiger partial charge in [-0.3, -0.25) is 0 Å². The highest BCUT2D eigenvalue weighted by atomic mass is 79.9. The molecular weight excluding hydrogens is 314 g/mol. The largest absolute Gasteiger partial charge is 0.242 e. The van der Waals surface area contributed by atoms with Crippen LogP contribution in [0.1, 0.15) is 20.3 Å². The fourth-order valence-corrected chi connectivity index (χ4v) is 3.47. The lowest BCUT2D eigenvalue weighted by Gasteiger charge is -2.13. The number of halogens is 2. The molecule has 0 bridgehead atoms. The maximum Gasteiger partial charge on any atom is 0.242 e. The Hall–Kier alpha value is -0.100. The van der Waals surface area contributed by atoms with Crippen LogP contribution in [0.15, 0.2) is 27.6 Å². The zero-order chi connectivity index (χ0) is 12.3. The molecule has 3 nitrogen and oxygen atoms in total. The Balaban J connectivity index is 3.08. The standard InChI is InChI=1S/C10H13BrClNO2S/c1-3-7(2)13-16(14,15)10-5-4-8(11)6-9(10)12/h4-7,13H,3H2,1-2H3/t7-/m1/s1. The number of hydrogen-bond donors (Lipinski definition) is 1. The minimum absolute atomic E-state index is 0.107. The second-order valence-electron chi connectivity index (χ2n) is 3.51. The van der Waals surface area contributed by atoms with E-state index in [4.69, 9.17) is 11.6 Å². The van der Waals surface area contributed by atoms with Gasteiger partial charge in [-0.15, -0.1) is 0 Å². The van der Waals surface area contributed by atoms with E-state index in [0.717, 1.165) is 10.9 Å². The van der Waals surface area contributed by atoms with Crippen LogP contribution >= 0.6 is 27.5 Å². The minimum Gasteiger partial charge on any atom is -0.208 e. The molecule has 0 saturated carbocycles. The van der Waals surface area contributed by atoms with Crippen molar-refractivity contribution in [3.63, 3.8) is 0 Å². The number of benzene rings is 1. The van der Waals surface area contributed by atoms with E-state index >= 15 is 0 Å². The summed E-state index contributed by atoms with van der Waals surface area (Å²) in [6.07, 6.45) is 0.730. The molecule has 1 atom stereocenters. The van der Waals surface area contributed by atoms with Crippen molar-refractivity contribution in [2.75, 3.05) is 0 Å². The molecule has 6 heteroatoms. The van der Waals surface area contributed by atoms with E-state index in [0.29, 0.717) is 0 Å². The lowest BCUT2D eigenvalue weighted by molar-refractivity contribution is 0.556. The van der Waals surface area contributed by atoms with Crippen molar-refractivity contribution >= 4 is 37.6 Å². The van der Waals surface area contributed by atoms with Gasteiger partial charge in [0, 0.05) is 10.5 Å². The molecule has 0 aromatic heterocycles. The van der Waals surface area contributed by atoms with Gasteiger partial charge in [0.2, 0.25) is 10.0 Å². The second-order valence-corrected chi connectivity index (χ2v) is 6.51. The Morgan fingerprint density at radius 3 is 2.62 bits per heavy atom. The Morgan fingerprint density at radius 2 is 2.12 bits per heavy atom. The quantitative estimate of drug-likeness (QED) is 0.923. The van der Waals surface area contributed by atoms with Gasteiger partial charge in [-0.05, 0) is 31.5 Å². The van der Waals surface area contributed by atoms with Crippen molar-refractivity contribution in [2.45, 2.75) is 31.2 Å². The Morgan fingerprint density at radius 1 is 1.50 bits per heavy atom. The summed E-state index contributed by atoms with van der Waals surface area (Å²) in [6.45, 7) is 3.72. The molecule has 0 aliphatic heterocycles. The molecule has 1 N–H and O–H groups in total. The van der Waals surface area contributed by atoms with Gasteiger partial charge in [0.25, 0.3) is 0 Å².